The van der Waals surface area contributed by atoms with Crippen molar-refractivity contribution in [3.05, 3.63) is 34.9 Å². The summed E-state index contributed by atoms with van der Waals surface area (Å²) >= 11 is 0. The van der Waals surface area contributed by atoms with Crippen LogP contribution in [0.3, 0.4) is 0 Å². The first kappa shape index (κ1) is 18.5. The average molecular weight is 369 g/mol. The quantitative estimate of drug-likeness (QED) is 0.825. The van der Waals surface area contributed by atoms with E-state index in [4.69, 9.17) is 0 Å². The summed E-state index contributed by atoms with van der Waals surface area (Å²) in [6.07, 6.45) is 0.610. The van der Waals surface area contributed by atoms with E-state index in [9.17, 15) is 18.0 Å². The molecule has 2 heterocycles. The number of nitrogens with zero attached hydrogens (tertiary/aromatic N) is 4. The number of amides is 1. The number of alkyl halides is 3. The van der Waals surface area contributed by atoms with Crippen LogP contribution in [-0.4, -0.2) is 25.5 Å². The van der Waals surface area contributed by atoms with E-state index in [0.29, 0.717) is 30.7 Å². The van der Waals surface area contributed by atoms with Crippen molar-refractivity contribution in [3.63, 3.8) is 0 Å². The second-order valence-corrected chi connectivity index (χ2v) is 6.43. The van der Waals surface area contributed by atoms with Crippen LogP contribution in [0.25, 0.3) is 0 Å². The van der Waals surface area contributed by atoms with Gasteiger partial charge in [-0.25, -0.2) is 0 Å². The van der Waals surface area contributed by atoms with Gasteiger partial charge in [-0.15, -0.1) is 0 Å². The summed E-state index contributed by atoms with van der Waals surface area (Å²) in [5, 5.41) is 10.7. The number of hydrogen-bond acceptors (Lipinski definition) is 3. The molecular formula is C17H22F3N5O. The van der Waals surface area contributed by atoms with Gasteiger partial charge in [0.15, 0.2) is 5.69 Å². The predicted molar refractivity (Wildman–Crippen MR) is 88.2 cm³/mol. The fourth-order valence-electron chi connectivity index (χ4n) is 3.26. The van der Waals surface area contributed by atoms with Crippen molar-refractivity contribution in [2.75, 3.05) is 0 Å². The number of aromatic nitrogens is 4. The van der Waals surface area contributed by atoms with Gasteiger partial charge >= 0.3 is 6.18 Å². The molecule has 0 radical (unpaired) electrons. The molecule has 0 aliphatic heterocycles. The van der Waals surface area contributed by atoms with Crippen LogP contribution in [0.2, 0.25) is 0 Å². The molecular weight excluding hydrogens is 347 g/mol. The number of carbonyl (C=O) groups is 1. The van der Waals surface area contributed by atoms with Crippen LogP contribution in [0.15, 0.2) is 12.3 Å². The highest BCUT2D eigenvalue weighted by Gasteiger charge is 2.39. The molecule has 0 aromatic carbocycles. The number of fused-ring (bicyclic) bond motifs is 1. The Bertz CT molecular complexity index is 778. The number of nitrogens with one attached hydrogen (secondary N) is 1. The van der Waals surface area contributed by atoms with Crippen LogP contribution in [0.4, 0.5) is 13.2 Å². The molecule has 142 valence electrons. The first-order chi connectivity index (χ1) is 12.4. The number of hydrogen-bond donors (Lipinski definition) is 1. The molecule has 0 spiro atoms. The molecule has 0 bridgehead atoms. The highest BCUT2D eigenvalue weighted by molar-refractivity contribution is 5.75. The molecule has 0 saturated carbocycles. The fourth-order valence-corrected chi connectivity index (χ4v) is 3.26. The van der Waals surface area contributed by atoms with E-state index in [1.54, 1.807) is 10.7 Å². The molecule has 26 heavy (non-hydrogen) atoms. The van der Waals surface area contributed by atoms with E-state index in [1.165, 1.54) is 4.68 Å². The van der Waals surface area contributed by atoms with Crippen molar-refractivity contribution in [1.82, 2.24) is 24.9 Å². The summed E-state index contributed by atoms with van der Waals surface area (Å²) in [6, 6.07) is 1.80. The standard InChI is InChI=1S/C17H22F3N5O/c1-2-24-9-8-12(22-24)10-21-15(26)11-25-14-7-5-3-4-6-13(14)16(23-25)17(18,19)20/h8-9H,2-7,10-11H2,1H3,(H,21,26). The van der Waals surface area contributed by atoms with Gasteiger partial charge in [-0.05, 0) is 38.7 Å². The maximum atomic E-state index is 13.3. The molecule has 2 aromatic heterocycles. The Hall–Kier alpha value is -2.32. The predicted octanol–water partition coefficient (Wildman–Crippen LogP) is 2.70. The number of rotatable bonds is 5. The van der Waals surface area contributed by atoms with Crippen molar-refractivity contribution in [1.29, 1.82) is 0 Å². The second kappa shape index (κ2) is 7.51. The average Bonchev–Trinajstić information content (AvgIpc) is 3.10. The van der Waals surface area contributed by atoms with Gasteiger partial charge in [-0.2, -0.15) is 23.4 Å². The molecule has 0 fully saturated rings. The zero-order valence-corrected chi connectivity index (χ0v) is 14.6. The Balaban J connectivity index is 1.72. The minimum atomic E-state index is -4.50. The first-order valence-corrected chi connectivity index (χ1v) is 8.83. The lowest BCUT2D eigenvalue weighted by molar-refractivity contribution is -0.142. The number of aryl methyl sites for hydroxylation is 1. The smallest absolute Gasteiger partial charge is 0.349 e. The highest BCUT2D eigenvalue weighted by atomic mass is 19.4. The minimum Gasteiger partial charge on any atom is -0.349 e. The third-order valence-electron chi connectivity index (χ3n) is 4.56. The summed E-state index contributed by atoms with van der Waals surface area (Å²) in [7, 11) is 0. The molecule has 2 aromatic rings. The maximum absolute atomic E-state index is 13.3. The lowest BCUT2D eigenvalue weighted by Gasteiger charge is -2.08. The normalized spacial score (nSPS) is 14.8. The van der Waals surface area contributed by atoms with Gasteiger partial charge in [0.1, 0.15) is 6.54 Å². The minimum absolute atomic E-state index is 0.215. The van der Waals surface area contributed by atoms with E-state index in [2.05, 4.69) is 15.5 Å². The molecule has 1 aliphatic carbocycles. The van der Waals surface area contributed by atoms with Crippen molar-refractivity contribution >= 4 is 5.91 Å². The molecule has 1 amide bonds. The van der Waals surface area contributed by atoms with E-state index in [-0.39, 0.29) is 24.6 Å². The van der Waals surface area contributed by atoms with E-state index in [0.717, 1.165) is 19.4 Å². The van der Waals surface area contributed by atoms with Crippen molar-refractivity contribution in [2.24, 2.45) is 0 Å². The van der Waals surface area contributed by atoms with Crippen LogP contribution in [0, 0.1) is 0 Å². The van der Waals surface area contributed by atoms with Gasteiger partial charge in [0.25, 0.3) is 0 Å². The third-order valence-corrected chi connectivity index (χ3v) is 4.56. The molecule has 1 aliphatic rings. The lowest BCUT2D eigenvalue weighted by atomic mass is 10.1. The van der Waals surface area contributed by atoms with Crippen LogP contribution in [0.5, 0.6) is 0 Å². The van der Waals surface area contributed by atoms with Gasteiger partial charge in [0, 0.05) is 24.0 Å². The Labute approximate surface area is 149 Å². The first-order valence-electron chi connectivity index (χ1n) is 8.83. The molecule has 6 nitrogen and oxygen atoms in total. The zero-order chi connectivity index (χ0) is 18.7. The fraction of sp³-hybridized carbons (Fsp3) is 0.588. The SMILES string of the molecule is CCn1ccc(CNC(=O)Cn2nc(C(F)(F)F)c3c2CCCCC3)n1. The highest BCUT2D eigenvalue weighted by Crippen LogP contribution is 2.35. The van der Waals surface area contributed by atoms with Crippen molar-refractivity contribution < 1.29 is 18.0 Å². The summed E-state index contributed by atoms with van der Waals surface area (Å²) in [5.41, 5.74) is 0.657. The van der Waals surface area contributed by atoms with Gasteiger partial charge in [-0.1, -0.05) is 6.42 Å². The Kier molecular flexibility index (Phi) is 5.33. The summed E-state index contributed by atoms with van der Waals surface area (Å²) in [6.45, 7) is 2.71. The van der Waals surface area contributed by atoms with E-state index in [1.807, 2.05) is 13.1 Å². The second-order valence-electron chi connectivity index (χ2n) is 6.43. The van der Waals surface area contributed by atoms with Gasteiger partial charge in [0.05, 0.1) is 12.2 Å². The molecule has 1 N–H and O–H groups in total. The summed E-state index contributed by atoms with van der Waals surface area (Å²) < 4.78 is 42.8. The van der Waals surface area contributed by atoms with Gasteiger partial charge in [-0.3, -0.25) is 14.2 Å². The molecule has 0 saturated heterocycles. The van der Waals surface area contributed by atoms with Gasteiger partial charge < -0.3 is 5.32 Å². The number of carbonyl (C=O) groups excluding carboxylic acids is 1. The molecule has 0 unspecified atom stereocenters. The summed E-state index contributed by atoms with van der Waals surface area (Å²) in [5.74, 6) is -0.376. The van der Waals surface area contributed by atoms with Gasteiger partial charge in [0.2, 0.25) is 5.91 Å². The summed E-state index contributed by atoms with van der Waals surface area (Å²) in [4.78, 5) is 12.2. The molecule has 9 heteroatoms. The largest absolute Gasteiger partial charge is 0.435 e. The van der Waals surface area contributed by atoms with Crippen LogP contribution in [-0.2, 0) is 43.4 Å². The van der Waals surface area contributed by atoms with Crippen LogP contribution < -0.4 is 5.32 Å². The maximum Gasteiger partial charge on any atom is 0.435 e. The molecule has 3 rings (SSSR count). The topological polar surface area (TPSA) is 64.7 Å². The third kappa shape index (κ3) is 4.08. The van der Waals surface area contributed by atoms with Crippen molar-refractivity contribution in [3.8, 4) is 0 Å². The Morgan fingerprint density at radius 3 is 2.69 bits per heavy atom. The Morgan fingerprint density at radius 1 is 1.23 bits per heavy atom. The zero-order valence-electron chi connectivity index (χ0n) is 14.6. The number of halogens is 3. The van der Waals surface area contributed by atoms with Crippen LogP contribution >= 0.6 is 0 Å². The Morgan fingerprint density at radius 2 is 2.00 bits per heavy atom. The molecule has 0 atom stereocenters. The van der Waals surface area contributed by atoms with Crippen molar-refractivity contribution in [2.45, 2.75) is 64.8 Å². The van der Waals surface area contributed by atoms with E-state index < -0.39 is 11.9 Å². The monoisotopic (exact) mass is 369 g/mol. The van der Waals surface area contributed by atoms with Crippen LogP contribution in [0.1, 0.15) is 48.8 Å². The lowest BCUT2D eigenvalue weighted by Crippen LogP contribution is -2.28. The van der Waals surface area contributed by atoms with E-state index >= 15 is 0 Å².